The maximum atomic E-state index is 11.8. The first-order chi connectivity index (χ1) is 9.33. The third kappa shape index (κ3) is 2.56. The van der Waals surface area contributed by atoms with Crippen LogP contribution < -0.4 is 10.9 Å². The first kappa shape index (κ1) is 11.7. The fraction of sp³-hybridized carbons (Fsp3) is 0. The molecule has 3 aromatic rings. The molecule has 0 saturated heterocycles. The Bertz CT molecular complexity index is 676. The molecule has 2 aromatic carbocycles. The summed E-state index contributed by atoms with van der Waals surface area (Å²) in [6.45, 7) is 0. The number of carbonyl (C=O) groups excluding carboxylic acids is 1. The highest BCUT2D eigenvalue weighted by Crippen LogP contribution is 2.24. The van der Waals surface area contributed by atoms with Crippen LogP contribution in [0.15, 0.2) is 54.6 Å². The summed E-state index contributed by atoms with van der Waals surface area (Å²) in [4.78, 5) is 16.2. The van der Waals surface area contributed by atoms with Crippen LogP contribution in [0.3, 0.4) is 0 Å². The predicted octanol–water partition coefficient (Wildman–Crippen LogP) is 3.05. The monoisotopic (exact) mass is 269 g/mol. The van der Waals surface area contributed by atoms with Crippen molar-refractivity contribution in [3.8, 4) is 0 Å². The number of hydrazine groups is 1. The number of hydrogen-bond donors (Lipinski definition) is 2. The fourth-order valence-corrected chi connectivity index (χ4v) is 2.52. The number of amides is 1. The van der Waals surface area contributed by atoms with Crippen molar-refractivity contribution in [2.45, 2.75) is 0 Å². The molecule has 0 fully saturated rings. The lowest BCUT2D eigenvalue weighted by molar-refractivity contribution is 0.0962. The van der Waals surface area contributed by atoms with Crippen LogP contribution in [0.4, 0.5) is 5.13 Å². The molecule has 0 saturated carbocycles. The third-order valence-corrected chi connectivity index (χ3v) is 3.56. The number of nitrogens with zero attached hydrogens (tertiary/aromatic N) is 1. The Hall–Kier alpha value is -2.40. The average Bonchev–Trinajstić information content (AvgIpc) is 2.88. The molecular formula is C14H11N3OS. The number of aromatic nitrogens is 1. The molecule has 19 heavy (non-hydrogen) atoms. The SMILES string of the molecule is O=C(NNc1nc2ccccc2s1)c1ccccc1. The van der Waals surface area contributed by atoms with Gasteiger partial charge in [-0.1, -0.05) is 41.7 Å². The zero-order chi connectivity index (χ0) is 13.1. The molecule has 4 nitrogen and oxygen atoms in total. The summed E-state index contributed by atoms with van der Waals surface area (Å²) in [5.74, 6) is -0.181. The minimum atomic E-state index is -0.181. The van der Waals surface area contributed by atoms with Crippen molar-refractivity contribution in [1.29, 1.82) is 0 Å². The molecular weight excluding hydrogens is 258 g/mol. The van der Waals surface area contributed by atoms with Crippen molar-refractivity contribution < 1.29 is 4.79 Å². The number of benzene rings is 2. The third-order valence-electron chi connectivity index (χ3n) is 2.61. The van der Waals surface area contributed by atoms with Gasteiger partial charge >= 0.3 is 0 Å². The van der Waals surface area contributed by atoms with E-state index in [9.17, 15) is 4.79 Å². The van der Waals surface area contributed by atoms with Crippen molar-refractivity contribution in [3.63, 3.8) is 0 Å². The van der Waals surface area contributed by atoms with Gasteiger partial charge in [0.2, 0.25) is 5.13 Å². The van der Waals surface area contributed by atoms with Gasteiger partial charge in [-0.15, -0.1) is 0 Å². The maximum Gasteiger partial charge on any atom is 0.269 e. The van der Waals surface area contributed by atoms with Crippen molar-refractivity contribution in [2.24, 2.45) is 0 Å². The second-order valence-corrected chi connectivity index (χ2v) is 4.96. The van der Waals surface area contributed by atoms with E-state index in [1.807, 2.05) is 42.5 Å². The molecule has 2 N–H and O–H groups in total. The zero-order valence-corrected chi connectivity index (χ0v) is 10.8. The van der Waals surface area contributed by atoms with Crippen LogP contribution in [-0.2, 0) is 0 Å². The molecule has 0 aliphatic heterocycles. The number of hydrogen-bond acceptors (Lipinski definition) is 4. The lowest BCUT2D eigenvalue weighted by atomic mass is 10.2. The number of para-hydroxylation sites is 1. The molecule has 0 spiro atoms. The molecule has 1 amide bonds. The normalized spacial score (nSPS) is 10.3. The molecule has 94 valence electrons. The van der Waals surface area contributed by atoms with Crippen molar-refractivity contribution in [1.82, 2.24) is 10.4 Å². The van der Waals surface area contributed by atoms with Gasteiger partial charge in [-0.2, -0.15) is 0 Å². The van der Waals surface area contributed by atoms with Crippen molar-refractivity contribution in [3.05, 3.63) is 60.2 Å². The number of carbonyl (C=O) groups is 1. The van der Waals surface area contributed by atoms with E-state index in [0.29, 0.717) is 10.7 Å². The summed E-state index contributed by atoms with van der Waals surface area (Å²) in [5, 5.41) is 0.672. The summed E-state index contributed by atoms with van der Waals surface area (Å²) in [6.07, 6.45) is 0. The van der Waals surface area contributed by atoms with Crippen LogP contribution in [0.2, 0.25) is 0 Å². The van der Waals surface area contributed by atoms with E-state index < -0.39 is 0 Å². The Morgan fingerprint density at radius 3 is 2.53 bits per heavy atom. The molecule has 1 heterocycles. The lowest BCUT2D eigenvalue weighted by Gasteiger charge is -2.04. The number of nitrogens with one attached hydrogen (secondary N) is 2. The minimum Gasteiger partial charge on any atom is -0.273 e. The van der Waals surface area contributed by atoms with Gasteiger partial charge < -0.3 is 0 Å². The van der Waals surface area contributed by atoms with Crippen LogP contribution in [0.1, 0.15) is 10.4 Å². The fourth-order valence-electron chi connectivity index (χ4n) is 1.70. The second kappa shape index (κ2) is 5.07. The Morgan fingerprint density at radius 1 is 1.00 bits per heavy atom. The number of anilines is 1. The van der Waals surface area contributed by atoms with Gasteiger partial charge in [-0.3, -0.25) is 15.6 Å². The van der Waals surface area contributed by atoms with E-state index >= 15 is 0 Å². The number of thiazole rings is 1. The highest BCUT2D eigenvalue weighted by molar-refractivity contribution is 7.22. The first-order valence-electron chi connectivity index (χ1n) is 5.80. The topological polar surface area (TPSA) is 54.0 Å². The highest BCUT2D eigenvalue weighted by atomic mass is 32.1. The molecule has 0 atom stereocenters. The van der Waals surface area contributed by atoms with Gasteiger partial charge in [0, 0.05) is 5.56 Å². The second-order valence-electron chi connectivity index (χ2n) is 3.93. The van der Waals surface area contributed by atoms with Crippen molar-refractivity contribution >= 4 is 32.6 Å². The first-order valence-corrected chi connectivity index (χ1v) is 6.61. The standard InChI is InChI=1S/C14H11N3OS/c18-13(10-6-2-1-3-7-10)16-17-14-15-11-8-4-5-9-12(11)19-14/h1-9H,(H,15,17)(H,16,18). The van der Waals surface area contributed by atoms with E-state index in [1.54, 1.807) is 12.1 Å². The van der Waals surface area contributed by atoms with E-state index in [2.05, 4.69) is 15.8 Å². The van der Waals surface area contributed by atoms with Crippen LogP contribution in [-0.4, -0.2) is 10.9 Å². The molecule has 0 bridgehead atoms. The maximum absolute atomic E-state index is 11.8. The van der Waals surface area contributed by atoms with Gasteiger partial charge in [0.25, 0.3) is 5.91 Å². The summed E-state index contributed by atoms with van der Waals surface area (Å²) in [5.41, 5.74) is 7.00. The molecule has 0 aliphatic rings. The van der Waals surface area contributed by atoms with E-state index in [1.165, 1.54) is 11.3 Å². The molecule has 1 aromatic heterocycles. The van der Waals surface area contributed by atoms with Gasteiger partial charge in [-0.05, 0) is 24.3 Å². The van der Waals surface area contributed by atoms with Gasteiger partial charge in [0.05, 0.1) is 10.2 Å². The number of fused-ring (bicyclic) bond motifs is 1. The predicted molar refractivity (Wildman–Crippen MR) is 77.2 cm³/mol. The van der Waals surface area contributed by atoms with Crippen LogP contribution in [0, 0.1) is 0 Å². The van der Waals surface area contributed by atoms with Gasteiger partial charge in [0.1, 0.15) is 0 Å². The average molecular weight is 269 g/mol. The molecule has 0 radical (unpaired) electrons. The molecule has 5 heteroatoms. The van der Waals surface area contributed by atoms with Gasteiger partial charge in [-0.25, -0.2) is 4.98 Å². The summed E-state index contributed by atoms with van der Waals surface area (Å²) in [6, 6.07) is 16.9. The Morgan fingerprint density at radius 2 is 1.74 bits per heavy atom. The highest BCUT2D eigenvalue weighted by Gasteiger charge is 2.06. The summed E-state index contributed by atoms with van der Waals surface area (Å²) in [7, 11) is 0. The molecule has 0 unspecified atom stereocenters. The van der Waals surface area contributed by atoms with E-state index in [-0.39, 0.29) is 5.91 Å². The summed E-state index contributed by atoms with van der Waals surface area (Å²) >= 11 is 1.50. The van der Waals surface area contributed by atoms with E-state index in [0.717, 1.165) is 10.2 Å². The van der Waals surface area contributed by atoms with Crippen LogP contribution >= 0.6 is 11.3 Å². The Kier molecular flexibility index (Phi) is 3.12. The lowest BCUT2D eigenvalue weighted by Crippen LogP contribution is -2.29. The smallest absolute Gasteiger partial charge is 0.269 e. The Labute approximate surface area is 114 Å². The summed E-state index contributed by atoms with van der Waals surface area (Å²) < 4.78 is 1.08. The molecule has 0 aliphatic carbocycles. The Balaban J connectivity index is 1.71. The quantitative estimate of drug-likeness (QED) is 0.718. The van der Waals surface area contributed by atoms with Crippen LogP contribution in [0.5, 0.6) is 0 Å². The molecule has 3 rings (SSSR count). The minimum absolute atomic E-state index is 0.181. The zero-order valence-electron chi connectivity index (χ0n) is 9.96. The van der Waals surface area contributed by atoms with Crippen LogP contribution in [0.25, 0.3) is 10.2 Å². The number of rotatable bonds is 3. The van der Waals surface area contributed by atoms with Gasteiger partial charge in [0.15, 0.2) is 0 Å². The largest absolute Gasteiger partial charge is 0.273 e. The van der Waals surface area contributed by atoms with Crippen molar-refractivity contribution in [2.75, 3.05) is 5.43 Å². The van der Waals surface area contributed by atoms with E-state index in [4.69, 9.17) is 0 Å².